The minimum absolute atomic E-state index is 0.113. The van der Waals surface area contributed by atoms with Gasteiger partial charge in [-0.1, -0.05) is 13.0 Å². The van der Waals surface area contributed by atoms with Gasteiger partial charge in [-0.2, -0.15) is 0 Å². The molecule has 7 nitrogen and oxygen atoms in total. The van der Waals surface area contributed by atoms with Gasteiger partial charge < -0.3 is 10.7 Å². The maximum Gasteiger partial charge on any atom is 0.307 e. The van der Waals surface area contributed by atoms with E-state index in [1.165, 1.54) is 6.07 Å². The van der Waals surface area contributed by atoms with Gasteiger partial charge in [0.15, 0.2) is 0 Å². The van der Waals surface area contributed by atoms with Gasteiger partial charge in [0.05, 0.1) is 15.6 Å². The molecule has 0 aliphatic heterocycles. The van der Waals surface area contributed by atoms with Crippen molar-refractivity contribution in [1.29, 1.82) is 0 Å². The summed E-state index contributed by atoms with van der Waals surface area (Å²) in [4.78, 5) is 22.4. The predicted octanol–water partition coefficient (Wildman–Crippen LogP) is 1.50. The summed E-state index contributed by atoms with van der Waals surface area (Å²) in [7, 11) is 0. The number of benzene rings is 1. The number of nitrogen functional groups attached to an aromatic ring is 1. The second-order valence-corrected chi connectivity index (χ2v) is 4.71. The lowest BCUT2D eigenvalue weighted by Gasteiger charge is -2.07. The van der Waals surface area contributed by atoms with Crippen molar-refractivity contribution in [2.45, 2.75) is 18.2 Å². The summed E-state index contributed by atoms with van der Waals surface area (Å²) in [5.74, 6) is 5.22. The van der Waals surface area contributed by atoms with E-state index in [1.54, 1.807) is 12.1 Å². The number of thioether (sulfide) groups is 1. The second-order valence-electron chi connectivity index (χ2n) is 3.69. The Bertz CT molecular complexity index is 467. The van der Waals surface area contributed by atoms with Crippen molar-refractivity contribution in [3.63, 3.8) is 0 Å². The highest BCUT2D eigenvalue weighted by Crippen LogP contribution is 2.34. The van der Waals surface area contributed by atoms with Crippen LogP contribution in [0.4, 0.5) is 11.4 Å². The van der Waals surface area contributed by atoms with Crippen LogP contribution in [0.5, 0.6) is 0 Å². The van der Waals surface area contributed by atoms with E-state index in [1.807, 2.05) is 6.92 Å². The van der Waals surface area contributed by atoms with Gasteiger partial charge in [-0.25, -0.2) is 0 Å². The van der Waals surface area contributed by atoms with Gasteiger partial charge in [-0.15, -0.1) is 11.8 Å². The van der Waals surface area contributed by atoms with E-state index in [2.05, 4.69) is 10.7 Å². The quantitative estimate of drug-likeness (QED) is 0.303. The number of amides is 1. The van der Waals surface area contributed by atoms with E-state index in [4.69, 9.17) is 5.84 Å². The third-order valence-corrected chi connectivity index (χ3v) is 3.31. The number of hydrazine groups is 1. The maximum absolute atomic E-state index is 11.5. The van der Waals surface area contributed by atoms with Gasteiger partial charge >= 0.3 is 5.69 Å². The molecule has 0 bridgehead atoms. The Hall–Kier alpha value is -1.80. The Morgan fingerprint density at radius 2 is 2.26 bits per heavy atom. The van der Waals surface area contributed by atoms with Gasteiger partial charge in [0.2, 0.25) is 5.91 Å². The molecular weight excluding hydrogens is 268 g/mol. The lowest BCUT2D eigenvalue weighted by Crippen LogP contribution is -2.25. The van der Waals surface area contributed by atoms with Gasteiger partial charge in [0.1, 0.15) is 5.69 Å². The highest BCUT2D eigenvalue weighted by atomic mass is 32.2. The van der Waals surface area contributed by atoms with Crippen molar-refractivity contribution >= 4 is 29.0 Å². The SMILES string of the molecule is CCCNC(=O)CSc1cccc(NN)c1[N+](=O)[O-]. The highest BCUT2D eigenvalue weighted by Gasteiger charge is 2.19. The minimum Gasteiger partial charge on any atom is -0.355 e. The molecule has 0 aliphatic carbocycles. The molecule has 104 valence electrons. The van der Waals surface area contributed by atoms with E-state index in [-0.39, 0.29) is 23.0 Å². The van der Waals surface area contributed by atoms with Crippen LogP contribution in [0.15, 0.2) is 23.1 Å². The van der Waals surface area contributed by atoms with Crippen LogP contribution >= 0.6 is 11.8 Å². The number of nitrogens with two attached hydrogens (primary N) is 1. The average molecular weight is 284 g/mol. The summed E-state index contributed by atoms with van der Waals surface area (Å²) >= 11 is 1.11. The molecule has 1 aromatic rings. The highest BCUT2D eigenvalue weighted by molar-refractivity contribution is 8.00. The normalized spacial score (nSPS) is 10.0. The molecule has 0 aliphatic rings. The van der Waals surface area contributed by atoms with Crippen molar-refractivity contribution < 1.29 is 9.72 Å². The van der Waals surface area contributed by atoms with Crippen molar-refractivity contribution in [3.8, 4) is 0 Å². The minimum atomic E-state index is -0.512. The fourth-order valence-corrected chi connectivity index (χ4v) is 2.29. The van der Waals surface area contributed by atoms with Crippen molar-refractivity contribution in [1.82, 2.24) is 5.32 Å². The lowest BCUT2D eigenvalue weighted by atomic mass is 10.3. The van der Waals surface area contributed by atoms with E-state index in [0.29, 0.717) is 11.4 Å². The average Bonchev–Trinajstić information content (AvgIpc) is 2.41. The smallest absolute Gasteiger partial charge is 0.307 e. The molecule has 0 radical (unpaired) electrons. The fourth-order valence-electron chi connectivity index (χ4n) is 1.40. The number of para-hydroxylation sites is 1. The zero-order chi connectivity index (χ0) is 14.3. The lowest BCUT2D eigenvalue weighted by molar-refractivity contribution is -0.386. The summed E-state index contributed by atoms with van der Waals surface area (Å²) in [6.45, 7) is 2.56. The number of nitro groups is 1. The predicted molar refractivity (Wildman–Crippen MR) is 74.9 cm³/mol. The second kappa shape index (κ2) is 7.59. The van der Waals surface area contributed by atoms with Crippen LogP contribution in [0.1, 0.15) is 13.3 Å². The number of anilines is 1. The van der Waals surface area contributed by atoms with E-state index in [0.717, 1.165) is 18.2 Å². The summed E-state index contributed by atoms with van der Waals surface area (Å²) in [5.41, 5.74) is 2.40. The number of hydrogen-bond donors (Lipinski definition) is 3. The summed E-state index contributed by atoms with van der Waals surface area (Å²) in [5, 5.41) is 13.7. The number of carbonyl (C=O) groups excluding carboxylic acids is 1. The third-order valence-electron chi connectivity index (χ3n) is 2.27. The molecule has 8 heteroatoms. The molecule has 1 rings (SSSR count). The molecule has 1 aromatic carbocycles. The first-order valence-electron chi connectivity index (χ1n) is 5.73. The number of rotatable bonds is 7. The fraction of sp³-hybridized carbons (Fsp3) is 0.364. The standard InChI is InChI=1S/C11H16N4O3S/c1-2-6-13-10(16)7-19-9-5-3-4-8(14-12)11(9)15(17)18/h3-5,14H,2,6-7,12H2,1H3,(H,13,16). The molecule has 0 saturated heterocycles. The van der Waals surface area contributed by atoms with Crippen LogP contribution in [0.25, 0.3) is 0 Å². The zero-order valence-corrected chi connectivity index (χ0v) is 11.3. The zero-order valence-electron chi connectivity index (χ0n) is 10.5. The molecule has 0 unspecified atom stereocenters. The molecule has 19 heavy (non-hydrogen) atoms. The van der Waals surface area contributed by atoms with E-state index < -0.39 is 4.92 Å². The van der Waals surface area contributed by atoms with Crippen molar-refractivity contribution in [3.05, 3.63) is 28.3 Å². The molecule has 0 spiro atoms. The maximum atomic E-state index is 11.5. The Morgan fingerprint density at radius 3 is 2.84 bits per heavy atom. The Balaban J connectivity index is 2.78. The van der Waals surface area contributed by atoms with Gasteiger partial charge in [-0.3, -0.25) is 20.8 Å². The van der Waals surface area contributed by atoms with E-state index in [9.17, 15) is 14.9 Å². The molecule has 1 amide bonds. The van der Waals surface area contributed by atoms with Gasteiger partial charge in [0, 0.05) is 6.54 Å². The molecule has 4 N–H and O–H groups in total. The molecular formula is C11H16N4O3S. The summed E-state index contributed by atoms with van der Waals surface area (Å²) in [6.07, 6.45) is 0.850. The number of carbonyl (C=O) groups is 1. The summed E-state index contributed by atoms with van der Waals surface area (Å²) in [6, 6.07) is 4.75. The number of nitrogens with one attached hydrogen (secondary N) is 2. The van der Waals surface area contributed by atoms with Crippen LogP contribution in [0, 0.1) is 10.1 Å². The van der Waals surface area contributed by atoms with E-state index >= 15 is 0 Å². The Labute approximate surface area is 115 Å². The van der Waals surface area contributed by atoms with Gasteiger partial charge in [-0.05, 0) is 18.6 Å². The van der Waals surface area contributed by atoms with Crippen molar-refractivity contribution in [2.24, 2.45) is 5.84 Å². The Kier molecular flexibility index (Phi) is 6.10. The van der Waals surface area contributed by atoms with Crippen molar-refractivity contribution in [2.75, 3.05) is 17.7 Å². The Morgan fingerprint density at radius 1 is 1.53 bits per heavy atom. The van der Waals surface area contributed by atoms with Crippen LogP contribution in [-0.2, 0) is 4.79 Å². The van der Waals surface area contributed by atoms with Crippen LogP contribution < -0.4 is 16.6 Å². The third kappa shape index (κ3) is 4.42. The molecule has 0 saturated carbocycles. The first-order chi connectivity index (χ1) is 9.10. The van der Waals surface area contributed by atoms with Crippen LogP contribution in [-0.4, -0.2) is 23.1 Å². The van der Waals surface area contributed by atoms with Crippen LogP contribution in [0.2, 0.25) is 0 Å². The number of nitrogens with zero attached hydrogens (tertiary/aromatic N) is 1. The molecule has 0 atom stereocenters. The first kappa shape index (κ1) is 15.3. The molecule has 0 aromatic heterocycles. The monoisotopic (exact) mass is 284 g/mol. The molecule has 0 heterocycles. The summed E-state index contributed by atoms with van der Waals surface area (Å²) < 4.78 is 0. The number of hydrogen-bond acceptors (Lipinski definition) is 6. The topological polar surface area (TPSA) is 110 Å². The largest absolute Gasteiger partial charge is 0.355 e. The van der Waals surface area contributed by atoms with Gasteiger partial charge in [0.25, 0.3) is 0 Å². The molecule has 0 fully saturated rings. The first-order valence-corrected chi connectivity index (χ1v) is 6.72. The van der Waals surface area contributed by atoms with Crippen LogP contribution in [0.3, 0.4) is 0 Å². The number of nitro benzene ring substituents is 1.